The summed E-state index contributed by atoms with van der Waals surface area (Å²) >= 11 is 0. The van der Waals surface area contributed by atoms with Crippen molar-refractivity contribution in [3.8, 4) is 23.0 Å². The zero-order valence-electron chi connectivity index (χ0n) is 17.5. The molecule has 11 heteroatoms. The molecule has 2 N–H and O–H groups in total. The molecule has 0 bridgehead atoms. The Bertz CT molecular complexity index is 1030. The minimum absolute atomic E-state index is 0.0187. The van der Waals surface area contributed by atoms with Gasteiger partial charge in [0.05, 0.1) is 33.8 Å². The van der Waals surface area contributed by atoms with Crippen molar-refractivity contribution in [2.45, 2.75) is 19.1 Å². The van der Waals surface area contributed by atoms with Crippen LogP contribution in [0.5, 0.6) is 23.0 Å². The molecule has 2 aromatic carbocycles. The highest BCUT2D eigenvalue weighted by Gasteiger charge is 2.28. The molecule has 1 heterocycles. The number of amides is 2. The van der Waals surface area contributed by atoms with Gasteiger partial charge in [-0.05, 0) is 36.4 Å². The Labute approximate surface area is 182 Å². The summed E-state index contributed by atoms with van der Waals surface area (Å²) in [6, 6.07) is 7.81. The summed E-state index contributed by atoms with van der Waals surface area (Å²) in [5.74, 6) is 0.0676. The predicted octanol–water partition coefficient (Wildman–Crippen LogP) is 2.66. The number of benzene rings is 2. The highest BCUT2D eigenvalue weighted by atomic mass is 19.3. The van der Waals surface area contributed by atoms with Gasteiger partial charge in [0, 0.05) is 11.1 Å². The fourth-order valence-corrected chi connectivity index (χ4v) is 3.19. The number of alkyl halides is 2. The molecule has 1 atom stereocenters. The molecule has 3 rings (SSSR count). The van der Waals surface area contributed by atoms with Gasteiger partial charge < -0.3 is 18.9 Å². The van der Waals surface area contributed by atoms with Gasteiger partial charge in [0.25, 0.3) is 5.91 Å². The van der Waals surface area contributed by atoms with Crippen molar-refractivity contribution in [1.82, 2.24) is 10.6 Å². The fraction of sp³-hybridized carbons (Fsp3) is 0.286. The van der Waals surface area contributed by atoms with Crippen LogP contribution in [0.3, 0.4) is 0 Å². The highest BCUT2D eigenvalue weighted by Crippen LogP contribution is 2.44. The summed E-state index contributed by atoms with van der Waals surface area (Å²) in [4.78, 5) is 29.2. The van der Waals surface area contributed by atoms with Gasteiger partial charge in [-0.15, -0.1) is 0 Å². The summed E-state index contributed by atoms with van der Waals surface area (Å²) in [6.07, 6.45) is 0.0187. The van der Waals surface area contributed by atoms with E-state index in [0.29, 0.717) is 22.8 Å². The summed E-state index contributed by atoms with van der Waals surface area (Å²) < 4.78 is 44.9. The lowest BCUT2D eigenvalue weighted by molar-refractivity contribution is -0.120. The molecule has 0 saturated heterocycles. The molecule has 0 spiro atoms. The zero-order chi connectivity index (χ0) is 23.3. The van der Waals surface area contributed by atoms with E-state index in [9.17, 15) is 18.4 Å². The number of rotatable bonds is 7. The van der Waals surface area contributed by atoms with Gasteiger partial charge in [-0.1, -0.05) is 0 Å². The highest BCUT2D eigenvalue weighted by molar-refractivity contribution is 6.10. The monoisotopic (exact) mass is 449 g/mol. The van der Waals surface area contributed by atoms with Crippen molar-refractivity contribution >= 4 is 17.8 Å². The first-order valence-corrected chi connectivity index (χ1v) is 9.39. The van der Waals surface area contributed by atoms with Crippen molar-refractivity contribution in [2.24, 2.45) is 4.99 Å². The third kappa shape index (κ3) is 5.05. The molecule has 9 nitrogen and oxygen atoms in total. The molecule has 0 saturated carbocycles. The normalized spacial score (nSPS) is 15.5. The SMILES string of the molecule is COc1ccc([C@H]2CC(=O)NC(NC(=O)c3ccc(OC(F)F)cc3)=N2)c(OC)c1OC. The molecule has 1 aliphatic rings. The van der Waals surface area contributed by atoms with Crippen LogP contribution in [0.2, 0.25) is 0 Å². The second-order valence-corrected chi connectivity index (χ2v) is 6.53. The Morgan fingerprint density at radius 2 is 1.75 bits per heavy atom. The standard InChI is InChI=1S/C21H21F2N3O6/c1-29-15-9-8-13(17(30-2)18(15)31-3)14-10-16(27)25-21(24-14)26-19(28)11-4-6-12(7-5-11)32-20(22)23/h4-9,14,20H,10H2,1-3H3,(H2,24,25,26,27,28)/t14-/m1/s1. The quantitative estimate of drug-likeness (QED) is 0.673. The molecule has 1 aliphatic heterocycles. The molecule has 2 amide bonds. The number of hydrogen-bond donors (Lipinski definition) is 2. The second-order valence-electron chi connectivity index (χ2n) is 6.53. The average Bonchev–Trinajstić information content (AvgIpc) is 2.77. The molecule has 0 unspecified atom stereocenters. The van der Waals surface area contributed by atoms with Crippen LogP contribution in [0.1, 0.15) is 28.4 Å². The predicted molar refractivity (Wildman–Crippen MR) is 110 cm³/mol. The van der Waals surface area contributed by atoms with Crippen molar-refractivity contribution in [1.29, 1.82) is 0 Å². The average molecular weight is 449 g/mol. The number of nitrogens with zero attached hydrogens (tertiary/aromatic N) is 1. The lowest BCUT2D eigenvalue weighted by Crippen LogP contribution is -2.47. The van der Waals surface area contributed by atoms with Gasteiger partial charge in [0.2, 0.25) is 17.6 Å². The number of halogens is 2. The van der Waals surface area contributed by atoms with E-state index in [0.717, 1.165) is 0 Å². The van der Waals surface area contributed by atoms with Gasteiger partial charge in [-0.25, -0.2) is 4.99 Å². The number of ether oxygens (including phenoxy) is 4. The largest absolute Gasteiger partial charge is 0.493 e. The Kier molecular flexibility index (Phi) is 7.08. The first kappa shape index (κ1) is 22.8. The van der Waals surface area contributed by atoms with Gasteiger partial charge in [-0.2, -0.15) is 8.78 Å². The van der Waals surface area contributed by atoms with Gasteiger partial charge in [-0.3, -0.25) is 20.2 Å². The molecule has 0 aliphatic carbocycles. The van der Waals surface area contributed by atoms with E-state index < -0.39 is 18.6 Å². The zero-order valence-corrected chi connectivity index (χ0v) is 17.5. The molecular weight excluding hydrogens is 428 g/mol. The lowest BCUT2D eigenvalue weighted by atomic mass is 10.0. The Morgan fingerprint density at radius 3 is 2.34 bits per heavy atom. The Morgan fingerprint density at radius 1 is 1.06 bits per heavy atom. The van der Waals surface area contributed by atoms with E-state index in [1.54, 1.807) is 12.1 Å². The van der Waals surface area contributed by atoms with Crippen LogP contribution in [0.15, 0.2) is 41.4 Å². The summed E-state index contributed by atoms with van der Waals surface area (Å²) in [6.45, 7) is -2.97. The van der Waals surface area contributed by atoms with E-state index in [-0.39, 0.29) is 29.6 Å². The second kappa shape index (κ2) is 9.94. The molecule has 170 valence electrons. The van der Waals surface area contributed by atoms with Crippen molar-refractivity contribution in [3.05, 3.63) is 47.5 Å². The van der Waals surface area contributed by atoms with Crippen LogP contribution < -0.4 is 29.6 Å². The van der Waals surface area contributed by atoms with Gasteiger partial charge >= 0.3 is 6.61 Å². The third-order valence-corrected chi connectivity index (χ3v) is 4.59. The van der Waals surface area contributed by atoms with Gasteiger partial charge in [0.1, 0.15) is 5.75 Å². The van der Waals surface area contributed by atoms with E-state index in [1.165, 1.54) is 45.6 Å². The number of nitrogens with one attached hydrogen (secondary N) is 2. The molecule has 0 aromatic heterocycles. The van der Waals surface area contributed by atoms with Crippen LogP contribution in [0.25, 0.3) is 0 Å². The third-order valence-electron chi connectivity index (χ3n) is 4.59. The molecule has 2 aromatic rings. The first-order valence-electron chi connectivity index (χ1n) is 9.39. The minimum Gasteiger partial charge on any atom is -0.493 e. The van der Waals surface area contributed by atoms with Crippen LogP contribution >= 0.6 is 0 Å². The van der Waals surface area contributed by atoms with Gasteiger partial charge in [0.15, 0.2) is 11.5 Å². The van der Waals surface area contributed by atoms with Crippen molar-refractivity contribution < 1.29 is 37.3 Å². The maximum atomic E-state index is 12.5. The van der Waals surface area contributed by atoms with Crippen molar-refractivity contribution in [3.63, 3.8) is 0 Å². The molecule has 0 radical (unpaired) electrons. The minimum atomic E-state index is -2.97. The van der Waals surface area contributed by atoms with Crippen LogP contribution in [-0.4, -0.2) is 45.7 Å². The molecule has 32 heavy (non-hydrogen) atoms. The van der Waals surface area contributed by atoms with E-state index >= 15 is 0 Å². The van der Waals surface area contributed by atoms with Crippen LogP contribution in [0, 0.1) is 0 Å². The first-order chi connectivity index (χ1) is 15.4. The van der Waals surface area contributed by atoms with E-state index in [1.807, 2.05) is 0 Å². The summed E-state index contributed by atoms with van der Waals surface area (Å²) in [5.41, 5.74) is 0.731. The number of methoxy groups -OCH3 is 3. The number of carbonyl (C=O) groups is 2. The smallest absolute Gasteiger partial charge is 0.387 e. The van der Waals surface area contributed by atoms with Crippen LogP contribution in [-0.2, 0) is 4.79 Å². The Balaban J connectivity index is 1.84. The maximum Gasteiger partial charge on any atom is 0.387 e. The fourth-order valence-electron chi connectivity index (χ4n) is 3.19. The summed E-state index contributed by atoms with van der Waals surface area (Å²) in [7, 11) is 4.41. The number of hydrogen-bond acceptors (Lipinski definition) is 7. The molecular formula is C21H21F2N3O6. The lowest BCUT2D eigenvalue weighted by Gasteiger charge is -2.24. The Hall–Kier alpha value is -3.89. The van der Waals surface area contributed by atoms with Crippen LogP contribution in [0.4, 0.5) is 8.78 Å². The number of guanidine groups is 1. The molecule has 0 fully saturated rings. The maximum absolute atomic E-state index is 12.5. The number of aliphatic imine (C=N–C) groups is 1. The van der Waals surface area contributed by atoms with Crippen molar-refractivity contribution in [2.75, 3.05) is 21.3 Å². The van der Waals surface area contributed by atoms with E-state index in [4.69, 9.17) is 14.2 Å². The number of carbonyl (C=O) groups excluding carboxylic acids is 2. The topological polar surface area (TPSA) is 107 Å². The van der Waals surface area contributed by atoms with E-state index in [2.05, 4.69) is 20.4 Å². The summed E-state index contributed by atoms with van der Waals surface area (Å²) in [5, 5.41) is 5.01.